The topological polar surface area (TPSA) is 18.5 Å². The molecule has 0 saturated carbocycles. The second kappa shape index (κ2) is 11.5. The molecule has 0 unspecified atom stereocenters. The Morgan fingerprint density at radius 3 is 1.53 bits per heavy atom. The summed E-state index contributed by atoms with van der Waals surface area (Å²) >= 11 is 0. The molecule has 0 radical (unpaired) electrons. The van der Waals surface area contributed by atoms with E-state index in [9.17, 15) is 0 Å². The molecule has 0 fully saturated rings. The number of hydrogen-bond donors (Lipinski definition) is 0. The van der Waals surface area contributed by atoms with Crippen LogP contribution in [0.4, 0.5) is 0 Å². The second-order valence-corrected chi connectivity index (χ2v) is 22.5. The Bertz CT molecular complexity index is 2540. The Morgan fingerprint density at radius 2 is 1.00 bits per heavy atom. The van der Waals surface area contributed by atoms with Gasteiger partial charge in [0, 0.05) is 26.2 Å². The van der Waals surface area contributed by atoms with Gasteiger partial charge in [-0.05, 0) is 104 Å². The lowest BCUT2D eigenvalue weighted by atomic mass is 9.84. The molecule has 0 bridgehead atoms. The highest BCUT2D eigenvalue weighted by atomic mass is 28.3. The first-order valence-electron chi connectivity index (χ1n) is 22.0. The quantitative estimate of drug-likeness (QED) is 0.172. The summed E-state index contributed by atoms with van der Waals surface area (Å²) in [5, 5.41) is 3.87. The van der Waals surface area contributed by atoms with Crippen LogP contribution in [0, 0.1) is 20.6 Å². The lowest BCUT2D eigenvalue weighted by Crippen LogP contribution is -2.56. The zero-order valence-electron chi connectivity index (χ0n) is 39.2. The fourth-order valence-corrected chi connectivity index (χ4v) is 13.4. The zero-order valence-corrected chi connectivity index (χ0v) is 30.2. The fourth-order valence-electron chi connectivity index (χ4n) is 7.75. The van der Waals surface area contributed by atoms with Gasteiger partial charge in [-0.3, -0.25) is 0 Å². The first kappa shape index (κ1) is 21.4. The van der Waals surface area contributed by atoms with Crippen molar-refractivity contribution in [3.05, 3.63) is 131 Å². The predicted molar refractivity (Wildman–Crippen MR) is 213 cm³/mol. The van der Waals surface area contributed by atoms with E-state index in [4.69, 9.17) is 24.6 Å². The maximum absolute atomic E-state index is 9.15. The molecule has 2 aliphatic heterocycles. The van der Waals surface area contributed by atoms with E-state index in [2.05, 4.69) is 26.2 Å². The zero-order chi connectivity index (χ0) is 43.5. The lowest BCUT2D eigenvalue weighted by Gasteiger charge is -2.34. The van der Waals surface area contributed by atoms with Gasteiger partial charge in [0.2, 0.25) is 0 Å². The number of hydrogen-bond acceptors (Lipinski definition) is 2. The summed E-state index contributed by atoms with van der Waals surface area (Å²) in [5.74, 6) is 2.04. The molecule has 6 aromatic rings. The van der Waals surface area contributed by atoms with Gasteiger partial charge in [0.25, 0.3) is 0 Å². The van der Waals surface area contributed by atoms with Crippen LogP contribution in [0.3, 0.4) is 0 Å². The van der Waals surface area contributed by atoms with E-state index in [1.54, 1.807) is 18.2 Å². The molecule has 0 aromatic heterocycles. The predicted octanol–water partition coefficient (Wildman–Crippen LogP) is 10.0. The van der Waals surface area contributed by atoms with E-state index in [1.165, 1.54) is 31.2 Å². The average molecular weight is 684 g/mol. The van der Waals surface area contributed by atoms with Gasteiger partial charge in [0.1, 0.15) is 39.1 Å². The van der Waals surface area contributed by atoms with Gasteiger partial charge in [-0.15, -0.1) is 0 Å². The minimum Gasteiger partial charge on any atom is -0.457 e. The Hall–Kier alpha value is -4.65. The van der Waals surface area contributed by atoms with Crippen molar-refractivity contribution < 1.29 is 24.6 Å². The Morgan fingerprint density at radius 1 is 0.510 bits per heavy atom. The van der Waals surface area contributed by atoms with Gasteiger partial charge in [-0.25, -0.2) is 0 Å². The van der Waals surface area contributed by atoms with Crippen molar-refractivity contribution in [3.8, 4) is 56.4 Å². The summed E-state index contributed by atoms with van der Waals surface area (Å²) in [6, 6.07) is 32.0. The van der Waals surface area contributed by atoms with Crippen molar-refractivity contribution in [2.24, 2.45) is 0 Å². The van der Waals surface area contributed by atoms with Crippen LogP contribution < -0.4 is 30.2 Å². The Labute approximate surface area is 308 Å². The first-order chi connectivity index (χ1) is 27.8. The molecule has 4 heteroatoms. The highest BCUT2D eigenvalue weighted by molar-refractivity contribution is 7.02. The van der Waals surface area contributed by atoms with Crippen LogP contribution >= 0.6 is 0 Å². The van der Waals surface area contributed by atoms with Crippen LogP contribution in [0.1, 0.15) is 44.3 Å². The third-order valence-corrected chi connectivity index (χ3v) is 17.4. The highest BCUT2D eigenvalue weighted by Gasteiger charge is 2.39. The van der Waals surface area contributed by atoms with Crippen molar-refractivity contribution in [1.82, 2.24) is 0 Å². The number of aryl methyl sites for hydroxylation is 2. The van der Waals surface area contributed by atoms with Crippen molar-refractivity contribution in [2.45, 2.75) is 60.0 Å². The molecule has 49 heavy (non-hydrogen) atoms. The molecule has 8 rings (SSSR count). The smallest absolute Gasteiger partial charge is 0.134 e. The maximum atomic E-state index is 9.15. The van der Waals surface area contributed by atoms with Crippen LogP contribution in [0.5, 0.6) is 23.0 Å². The number of ether oxygens (including phenoxy) is 2. The summed E-state index contributed by atoms with van der Waals surface area (Å²) in [4.78, 5) is 0. The molecule has 0 saturated heterocycles. The van der Waals surface area contributed by atoms with Gasteiger partial charge in [-0.2, -0.15) is 0 Å². The normalized spacial score (nSPS) is 19.2. The van der Waals surface area contributed by atoms with Crippen molar-refractivity contribution in [2.75, 3.05) is 0 Å². The molecule has 0 spiro atoms. The molecule has 0 aliphatic carbocycles. The van der Waals surface area contributed by atoms with Gasteiger partial charge >= 0.3 is 0 Å². The van der Waals surface area contributed by atoms with Gasteiger partial charge in [0.05, 0.1) is 0 Å². The third kappa shape index (κ3) is 4.72. The van der Waals surface area contributed by atoms with Gasteiger partial charge < -0.3 is 9.47 Å². The maximum Gasteiger partial charge on any atom is 0.134 e. The number of fused-ring (bicyclic) bond motifs is 4. The summed E-state index contributed by atoms with van der Waals surface area (Å²) in [7, 11) is -4.92. The van der Waals surface area contributed by atoms with Crippen molar-refractivity contribution in [3.63, 3.8) is 0 Å². The second-order valence-electron chi connectivity index (χ2n) is 13.9. The molecule has 0 amide bonds. The van der Waals surface area contributed by atoms with E-state index < -0.39 is 43.1 Å². The fraction of sp³-hybridized carbons (Fsp3) is 0.200. The standard InChI is InChI=1S/C45H44O2Si2/c1-9-31-25-27-33(30(4)43(31)35-17-15-23-41-45(35)47-37-19-11-13-21-39(37)49(41,7)8)32-26-24-28(2)42(29(32)3)34-16-14-22-40-44(34)46-36-18-10-12-20-38(36)48(40,5)6/h10-27H,9H2,1-8H3/i2D3,3D3,4D3,9D2. The number of rotatable bonds is 4. The van der Waals surface area contributed by atoms with E-state index in [0.29, 0.717) is 28.6 Å². The van der Waals surface area contributed by atoms with Crippen LogP contribution in [-0.4, -0.2) is 16.1 Å². The molecule has 244 valence electrons. The molecule has 2 heterocycles. The molecular formula is C45H44O2Si2. The first-order valence-corrected chi connectivity index (χ1v) is 22.5. The van der Waals surface area contributed by atoms with Crippen LogP contribution in [0.25, 0.3) is 33.4 Å². The molecule has 2 aliphatic rings. The minimum absolute atomic E-state index is 0.00956. The molecule has 2 nitrogen and oxygen atoms in total. The van der Waals surface area contributed by atoms with E-state index >= 15 is 0 Å². The van der Waals surface area contributed by atoms with Crippen molar-refractivity contribution in [1.29, 1.82) is 0 Å². The highest BCUT2D eigenvalue weighted by Crippen LogP contribution is 2.46. The lowest BCUT2D eigenvalue weighted by molar-refractivity contribution is 0.488. The van der Waals surface area contributed by atoms with Gasteiger partial charge in [-0.1, -0.05) is 130 Å². The average Bonchev–Trinajstić information content (AvgIpc) is 3.15. The Kier molecular flexibility index (Phi) is 5.02. The minimum atomic E-state index is -2.98. The van der Waals surface area contributed by atoms with Crippen LogP contribution in [0.2, 0.25) is 26.2 Å². The molecule has 0 N–H and O–H groups in total. The SMILES string of the molecule is [2H]C([2H])([2H])c1ccc(-c2ccc(C([2H])([2H])C)c(-c3cccc4c3Oc3ccccc3[Si]4(C)C)c2C([2H])([2H])[2H])c(C([2H])([2H])[2H])c1-c1cccc2c1Oc1ccccc1[Si]2(C)C. The molecular weight excluding hydrogens is 629 g/mol. The summed E-state index contributed by atoms with van der Waals surface area (Å²) < 4.78 is 112. The molecule has 0 atom stereocenters. The van der Waals surface area contributed by atoms with Crippen LogP contribution in [0.15, 0.2) is 109 Å². The van der Waals surface area contributed by atoms with Gasteiger partial charge in [0.15, 0.2) is 0 Å². The summed E-state index contributed by atoms with van der Waals surface area (Å²) in [6.07, 6.45) is -2.06. The van der Waals surface area contributed by atoms with Crippen molar-refractivity contribution >= 4 is 36.9 Å². The number of benzene rings is 6. The monoisotopic (exact) mass is 683 g/mol. The summed E-state index contributed by atoms with van der Waals surface area (Å²) in [6.45, 7) is 1.35. The number of para-hydroxylation sites is 4. The largest absolute Gasteiger partial charge is 0.457 e. The van der Waals surface area contributed by atoms with E-state index in [1.807, 2.05) is 66.7 Å². The van der Waals surface area contributed by atoms with E-state index in [-0.39, 0.29) is 50.1 Å². The van der Waals surface area contributed by atoms with E-state index in [0.717, 1.165) is 20.7 Å². The molecule has 6 aromatic carbocycles. The summed E-state index contributed by atoms with van der Waals surface area (Å²) in [5.41, 5.74) is -0.118. The van der Waals surface area contributed by atoms with Crippen LogP contribution in [-0.2, 0) is 6.37 Å². The third-order valence-electron chi connectivity index (χ3n) is 10.4. The Balaban J connectivity index is 1.50.